The molecule has 0 saturated carbocycles. The molecule has 0 aromatic heterocycles. The summed E-state index contributed by atoms with van der Waals surface area (Å²) in [6.07, 6.45) is 9.32. The highest BCUT2D eigenvalue weighted by molar-refractivity contribution is 7.74. The molecule has 0 bridgehead atoms. The Labute approximate surface area is 67.0 Å². The van der Waals surface area contributed by atoms with Crippen molar-refractivity contribution in [3.05, 3.63) is 36.1 Å². The summed E-state index contributed by atoms with van der Waals surface area (Å²) in [7, 11) is 0. The summed E-state index contributed by atoms with van der Waals surface area (Å²) in [6.45, 7) is 0. The largest absolute Gasteiger partial charge is 0.401 e. The minimum Gasteiger partial charge on any atom is -0.377 e. The van der Waals surface area contributed by atoms with Gasteiger partial charge in [-0.25, -0.2) is 0 Å². The molecule has 0 aromatic rings. The number of halogens is 1. The highest BCUT2D eigenvalue weighted by atomic mass is 32.2. The quantitative estimate of drug-likeness (QED) is 0.598. The van der Waals surface area contributed by atoms with E-state index >= 15 is 0 Å². The van der Waals surface area contributed by atoms with Gasteiger partial charge in [0.25, 0.3) is 0 Å². The molecule has 0 radical (unpaired) electrons. The second-order valence-electron chi connectivity index (χ2n) is 1.91. The van der Waals surface area contributed by atoms with E-state index in [4.69, 9.17) is 0 Å². The molecule has 1 aliphatic rings. The molecule has 1 atom stereocenters. The Bertz CT molecular complexity index is 243. The summed E-state index contributed by atoms with van der Waals surface area (Å²) in [5.74, 6) is 0.277. The van der Waals surface area contributed by atoms with E-state index in [0.29, 0.717) is 0 Å². The first kappa shape index (κ1) is 8.20. The van der Waals surface area contributed by atoms with Crippen molar-refractivity contribution in [1.82, 2.24) is 0 Å². The van der Waals surface area contributed by atoms with E-state index in [1.165, 1.54) is 0 Å². The molecule has 1 unspecified atom stereocenters. The average Bonchev–Trinajstić information content (AvgIpc) is 2.14. The Hall–Kier alpha value is -0.900. The topological polar surface area (TPSA) is 26.3 Å². The average molecular weight is 174 g/mol. The zero-order chi connectivity index (χ0) is 8.10. The monoisotopic (exact) mass is 174 g/mol. The maximum atomic E-state index is 11.8. The van der Waals surface area contributed by atoms with Crippen LogP contribution in [0.25, 0.3) is 0 Å². The third-order valence-electron chi connectivity index (χ3n) is 1.11. The molecule has 60 valence electrons. The zero-order valence-electron chi connectivity index (χ0n) is 5.70. The highest BCUT2D eigenvalue weighted by Crippen LogP contribution is 2.07. The van der Waals surface area contributed by atoms with Crippen LogP contribution < -0.4 is 0 Å². The maximum absolute atomic E-state index is 11.8. The van der Waals surface area contributed by atoms with Crippen LogP contribution in [0.5, 0.6) is 0 Å². The van der Waals surface area contributed by atoms with E-state index in [1.54, 1.807) is 24.3 Å². The molecule has 0 fully saturated rings. The second kappa shape index (κ2) is 4.08. The molecule has 1 aliphatic carbocycles. The Kier molecular flexibility index (Phi) is 3.04. The van der Waals surface area contributed by atoms with Crippen molar-refractivity contribution < 1.29 is 12.3 Å². The van der Waals surface area contributed by atoms with Crippen LogP contribution in [0.15, 0.2) is 36.1 Å². The van der Waals surface area contributed by atoms with Crippen LogP contribution >= 0.6 is 0 Å². The van der Waals surface area contributed by atoms with Crippen LogP contribution in [0.1, 0.15) is 6.42 Å². The molecular weight excluding hydrogens is 167 g/mol. The van der Waals surface area contributed by atoms with Crippen molar-refractivity contribution in [2.75, 3.05) is 0 Å². The van der Waals surface area contributed by atoms with Gasteiger partial charge in [-0.2, -0.15) is 4.21 Å². The molecule has 0 N–H and O–H groups in total. The first-order chi connectivity index (χ1) is 5.29. The SMILES string of the molecule is O=S(F)OC1=CC=CCC=C1. The lowest BCUT2D eigenvalue weighted by atomic mass is 10.4. The van der Waals surface area contributed by atoms with Gasteiger partial charge in [-0.3, -0.25) is 0 Å². The maximum Gasteiger partial charge on any atom is 0.401 e. The van der Waals surface area contributed by atoms with Gasteiger partial charge in [0, 0.05) is 0 Å². The van der Waals surface area contributed by atoms with Gasteiger partial charge in [-0.1, -0.05) is 22.1 Å². The van der Waals surface area contributed by atoms with Gasteiger partial charge in [-0.05, 0) is 18.6 Å². The second-order valence-corrected chi connectivity index (χ2v) is 2.47. The Morgan fingerprint density at radius 3 is 3.09 bits per heavy atom. The van der Waals surface area contributed by atoms with Crippen molar-refractivity contribution in [2.45, 2.75) is 6.42 Å². The Morgan fingerprint density at radius 2 is 2.36 bits per heavy atom. The fourth-order valence-electron chi connectivity index (χ4n) is 0.691. The first-order valence-corrected chi connectivity index (χ1v) is 4.06. The van der Waals surface area contributed by atoms with E-state index < -0.39 is 11.5 Å². The van der Waals surface area contributed by atoms with E-state index in [1.807, 2.05) is 6.08 Å². The first-order valence-electron chi connectivity index (χ1n) is 3.09. The van der Waals surface area contributed by atoms with E-state index in [9.17, 15) is 8.09 Å². The smallest absolute Gasteiger partial charge is 0.377 e. The van der Waals surface area contributed by atoms with Crippen molar-refractivity contribution in [3.8, 4) is 0 Å². The van der Waals surface area contributed by atoms with Crippen LogP contribution in [0.3, 0.4) is 0 Å². The van der Waals surface area contributed by atoms with E-state index in [-0.39, 0.29) is 5.76 Å². The van der Waals surface area contributed by atoms with Crippen molar-refractivity contribution >= 4 is 11.5 Å². The van der Waals surface area contributed by atoms with Gasteiger partial charge in [0.15, 0.2) is 0 Å². The summed E-state index contributed by atoms with van der Waals surface area (Å²) >= 11 is -2.72. The van der Waals surface area contributed by atoms with Gasteiger partial charge in [-0.15, -0.1) is 0 Å². The van der Waals surface area contributed by atoms with Gasteiger partial charge in [0.05, 0.1) is 0 Å². The van der Waals surface area contributed by atoms with Crippen molar-refractivity contribution in [1.29, 1.82) is 0 Å². The Morgan fingerprint density at radius 1 is 1.55 bits per heavy atom. The minimum absolute atomic E-state index is 0.277. The normalized spacial score (nSPS) is 18.8. The summed E-state index contributed by atoms with van der Waals surface area (Å²) in [6, 6.07) is 0. The number of hydrogen-bond acceptors (Lipinski definition) is 2. The fraction of sp³-hybridized carbons (Fsp3) is 0.143. The van der Waals surface area contributed by atoms with Gasteiger partial charge < -0.3 is 4.18 Å². The molecular formula is C7H7FO2S. The third kappa shape index (κ3) is 3.13. The summed E-state index contributed by atoms with van der Waals surface area (Å²) in [5, 5.41) is 0. The summed E-state index contributed by atoms with van der Waals surface area (Å²) in [4.78, 5) is 0. The molecule has 11 heavy (non-hydrogen) atoms. The van der Waals surface area contributed by atoms with Gasteiger partial charge in [0.1, 0.15) is 5.76 Å². The van der Waals surface area contributed by atoms with Crippen molar-refractivity contribution in [2.24, 2.45) is 0 Å². The fourth-order valence-corrected chi connectivity index (χ4v) is 0.953. The molecule has 0 aliphatic heterocycles. The summed E-state index contributed by atoms with van der Waals surface area (Å²) in [5.41, 5.74) is 0. The van der Waals surface area contributed by atoms with Crippen LogP contribution in [-0.4, -0.2) is 4.21 Å². The molecule has 0 heterocycles. The highest BCUT2D eigenvalue weighted by Gasteiger charge is 1.99. The lowest BCUT2D eigenvalue weighted by Gasteiger charge is -1.95. The number of allylic oxidation sites excluding steroid dienone is 5. The van der Waals surface area contributed by atoms with Gasteiger partial charge in [0.2, 0.25) is 0 Å². The van der Waals surface area contributed by atoms with Crippen LogP contribution in [-0.2, 0) is 15.6 Å². The summed E-state index contributed by atoms with van der Waals surface area (Å²) < 4.78 is 26.0. The molecule has 0 spiro atoms. The van der Waals surface area contributed by atoms with Gasteiger partial charge >= 0.3 is 11.5 Å². The molecule has 0 amide bonds. The predicted molar refractivity (Wildman–Crippen MR) is 41.3 cm³/mol. The Balaban J connectivity index is 2.62. The minimum atomic E-state index is -2.72. The molecule has 2 nitrogen and oxygen atoms in total. The molecule has 1 rings (SSSR count). The van der Waals surface area contributed by atoms with E-state index in [0.717, 1.165) is 6.42 Å². The molecule has 0 saturated heterocycles. The van der Waals surface area contributed by atoms with Crippen LogP contribution in [0, 0.1) is 0 Å². The van der Waals surface area contributed by atoms with Crippen molar-refractivity contribution in [3.63, 3.8) is 0 Å². The number of rotatable bonds is 2. The lowest BCUT2D eigenvalue weighted by molar-refractivity contribution is 0.440. The standard InChI is InChI=1S/C7H7FO2S/c8-11(9)10-7-5-3-1-2-4-6-7/h1,3-6H,2H2. The lowest BCUT2D eigenvalue weighted by Crippen LogP contribution is -1.87. The predicted octanol–water partition coefficient (Wildman–Crippen LogP) is 1.95. The third-order valence-corrected chi connectivity index (χ3v) is 1.44. The zero-order valence-corrected chi connectivity index (χ0v) is 6.51. The molecule has 0 aromatic carbocycles. The molecule has 4 heteroatoms. The van der Waals surface area contributed by atoms with Crippen LogP contribution in [0.4, 0.5) is 3.89 Å². The number of hydrogen-bond donors (Lipinski definition) is 0. The van der Waals surface area contributed by atoms with E-state index in [2.05, 4.69) is 4.18 Å². The van der Waals surface area contributed by atoms with Crippen LogP contribution in [0.2, 0.25) is 0 Å².